The SMILES string of the molecule is COC(=O)c1ccc(N2CCN(CC3=C(c4ccc(Cl)cc4)CC(C)(C)CC3)CC2)cc1C(C#N)c1cnc2c(ccn2COCC[Si](C)(C)C)c1. The standard InChI is InChI=1S/C42H52ClN5O3Si/c1-42(2)15-13-32(38(25-42)30-7-9-34(43)10-8-30)28-46-17-19-47(20-18-46)35-11-12-36(41(49)50-3)37(24-35)39(26-44)33-23-31-14-16-48(40(31)45-27-33)29-51-21-22-52(4,5)6/h7-12,14,16,23-24,27,39H,13,15,17-22,25,28-29H2,1-6H3. The number of methoxy groups -OCH3 is 1. The maximum absolute atomic E-state index is 13.0. The molecule has 2 aromatic carbocycles. The first-order valence-electron chi connectivity index (χ1n) is 18.4. The molecule has 10 heteroatoms. The molecular weight excluding hydrogens is 686 g/mol. The Morgan fingerprint density at radius 3 is 2.50 bits per heavy atom. The number of ether oxygens (including phenoxy) is 2. The fraction of sp³-hybridized carbons (Fsp3) is 0.452. The summed E-state index contributed by atoms with van der Waals surface area (Å²) in [4.78, 5) is 22.7. The number of piperazine rings is 1. The van der Waals surface area contributed by atoms with Crippen LogP contribution in [0.4, 0.5) is 5.69 Å². The van der Waals surface area contributed by atoms with E-state index in [1.807, 2.05) is 47.2 Å². The van der Waals surface area contributed by atoms with Gasteiger partial charge in [0.25, 0.3) is 0 Å². The van der Waals surface area contributed by atoms with Crippen molar-refractivity contribution < 1.29 is 14.3 Å². The third-order valence-electron chi connectivity index (χ3n) is 10.6. The van der Waals surface area contributed by atoms with Crippen molar-refractivity contribution in [2.24, 2.45) is 5.41 Å². The molecule has 0 radical (unpaired) electrons. The van der Waals surface area contributed by atoms with Crippen LogP contribution in [0.3, 0.4) is 0 Å². The van der Waals surface area contributed by atoms with Crippen molar-refractivity contribution in [3.05, 3.63) is 99.8 Å². The van der Waals surface area contributed by atoms with E-state index in [-0.39, 0.29) is 5.41 Å². The molecule has 1 aliphatic heterocycles. The number of carbonyl (C=O) groups is 1. The summed E-state index contributed by atoms with van der Waals surface area (Å²) in [5.74, 6) is -1.15. The Bertz CT molecular complexity index is 1970. The molecule has 1 aliphatic carbocycles. The van der Waals surface area contributed by atoms with Crippen molar-refractivity contribution >= 4 is 47.9 Å². The summed E-state index contributed by atoms with van der Waals surface area (Å²) in [6, 6.07) is 21.7. The van der Waals surface area contributed by atoms with Crippen LogP contribution in [0.15, 0.2) is 72.6 Å². The van der Waals surface area contributed by atoms with E-state index in [0.717, 1.165) is 85.5 Å². The van der Waals surface area contributed by atoms with Crippen LogP contribution in [0.1, 0.15) is 66.1 Å². The number of benzene rings is 2. The summed E-state index contributed by atoms with van der Waals surface area (Å²) in [6.45, 7) is 17.4. The first-order valence-corrected chi connectivity index (χ1v) is 22.5. The predicted octanol–water partition coefficient (Wildman–Crippen LogP) is 9.23. The number of esters is 1. The van der Waals surface area contributed by atoms with E-state index in [1.165, 1.54) is 30.2 Å². The van der Waals surface area contributed by atoms with Crippen LogP contribution in [-0.4, -0.2) is 74.9 Å². The Hall–Kier alpha value is -3.94. The molecule has 0 saturated carbocycles. The highest BCUT2D eigenvalue weighted by molar-refractivity contribution is 6.76. The lowest BCUT2D eigenvalue weighted by Gasteiger charge is -2.39. The molecule has 1 saturated heterocycles. The van der Waals surface area contributed by atoms with E-state index in [0.29, 0.717) is 17.9 Å². The molecule has 2 aliphatic rings. The third kappa shape index (κ3) is 8.98. The van der Waals surface area contributed by atoms with E-state index in [1.54, 1.807) is 12.3 Å². The van der Waals surface area contributed by atoms with Crippen molar-refractivity contribution in [1.29, 1.82) is 5.26 Å². The van der Waals surface area contributed by atoms with E-state index in [2.05, 4.69) is 61.5 Å². The van der Waals surface area contributed by atoms with Crippen LogP contribution in [0.25, 0.3) is 16.6 Å². The van der Waals surface area contributed by atoms with Crippen LogP contribution in [0.2, 0.25) is 30.7 Å². The van der Waals surface area contributed by atoms with Gasteiger partial charge in [-0.2, -0.15) is 5.26 Å². The van der Waals surface area contributed by atoms with Crippen LogP contribution in [0.5, 0.6) is 0 Å². The topological polar surface area (TPSA) is 83.6 Å². The molecule has 4 aromatic rings. The lowest BCUT2D eigenvalue weighted by molar-refractivity contribution is 0.0599. The number of allylic oxidation sites excluding steroid dienone is 1. The second-order valence-electron chi connectivity index (χ2n) is 16.3. The van der Waals surface area contributed by atoms with Crippen molar-refractivity contribution in [3.63, 3.8) is 0 Å². The summed E-state index contributed by atoms with van der Waals surface area (Å²) in [5.41, 5.74) is 8.13. The average Bonchev–Trinajstić information content (AvgIpc) is 3.53. The molecule has 1 fully saturated rings. The zero-order valence-corrected chi connectivity index (χ0v) is 33.3. The molecule has 52 heavy (non-hydrogen) atoms. The van der Waals surface area contributed by atoms with E-state index in [9.17, 15) is 10.1 Å². The van der Waals surface area contributed by atoms with Crippen LogP contribution < -0.4 is 4.90 Å². The monoisotopic (exact) mass is 737 g/mol. The second-order valence-corrected chi connectivity index (χ2v) is 22.4. The molecule has 0 N–H and O–H groups in total. The zero-order chi connectivity index (χ0) is 37.0. The number of nitrogens with zero attached hydrogens (tertiary/aromatic N) is 5. The van der Waals surface area contributed by atoms with Crippen LogP contribution >= 0.6 is 11.6 Å². The molecule has 2 aromatic heterocycles. The first-order chi connectivity index (χ1) is 24.8. The van der Waals surface area contributed by atoms with Crippen molar-refractivity contribution in [2.45, 2.75) is 71.4 Å². The molecule has 3 heterocycles. The minimum Gasteiger partial charge on any atom is -0.465 e. The number of hydrogen-bond donors (Lipinski definition) is 0. The largest absolute Gasteiger partial charge is 0.465 e. The van der Waals surface area contributed by atoms with Gasteiger partial charge in [-0.15, -0.1) is 0 Å². The molecule has 0 bridgehead atoms. The molecular formula is C42H52ClN5O3Si. The normalized spacial score (nSPS) is 17.3. The van der Waals surface area contributed by atoms with Gasteiger partial charge >= 0.3 is 5.97 Å². The Kier molecular flexibility index (Phi) is 11.6. The van der Waals surface area contributed by atoms with Crippen LogP contribution in [0, 0.1) is 16.7 Å². The summed E-state index contributed by atoms with van der Waals surface area (Å²) >= 11 is 6.24. The summed E-state index contributed by atoms with van der Waals surface area (Å²) in [7, 11) is 0.204. The lowest BCUT2D eigenvalue weighted by atomic mass is 9.72. The Morgan fingerprint density at radius 1 is 1.06 bits per heavy atom. The van der Waals surface area contributed by atoms with Gasteiger partial charge in [0.1, 0.15) is 12.4 Å². The number of halogens is 1. The van der Waals surface area contributed by atoms with E-state index < -0.39 is 20.0 Å². The summed E-state index contributed by atoms with van der Waals surface area (Å²) in [6.07, 6.45) is 7.09. The number of fused-ring (bicyclic) bond motifs is 1. The highest BCUT2D eigenvalue weighted by Gasteiger charge is 2.30. The molecule has 1 atom stereocenters. The van der Waals surface area contributed by atoms with Gasteiger partial charge in [0, 0.05) is 75.9 Å². The van der Waals surface area contributed by atoms with Crippen molar-refractivity contribution in [2.75, 3.05) is 51.3 Å². The Labute approximate surface area is 315 Å². The quantitative estimate of drug-likeness (QED) is 0.0815. The number of nitriles is 1. The van der Waals surface area contributed by atoms with Crippen LogP contribution in [-0.2, 0) is 16.2 Å². The maximum atomic E-state index is 13.0. The molecule has 1 unspecified atom stereocenters. The average molecular weight is 738 g/mol. The number of aromatic nitrogens is 2. The highest BCUT2D eigenvalue weighted by atomic mass is 35.5. The number of anilines is 1. The highest BCUT2D eigenvalue weighted by Crippen LogP contribution is 2.43. The number of rotatable bonds is 12. The number of pyridine rings is 1. The van der Waals surface area contributed by atoms with Gasteiger partial charge in [-0.1, -0.05) is 62.8 Å². The predicted molar refractivity (Wildman–Crippen MR) is 214 cm³/mol. The zero-order valence-electron chi connectivity index (χ0n) is 31.5. The smallest absolute Gasteiger partial charge is 0.338 e. The number of carbonyl (C=O) groups excluding carboxylic acids is 1. The van der Waals surface area contributed by atoms with E-state index in [4.69, 9.17) is 26.1 Å². The van der Waals surface area contributed by atoms with Gasteiger partial charge in [0.15, 0.2) is 0 Å². The lowest BCUT2D eigenvalue weighted by Crippen LogP contribution is -2.47. The van der Waals surface area contributed by atoms with Gasteiger partial charge < -0.3 is 18.9 Å². The number of hydrogen-bond acceptors (Lipinski definition) is 7. The fourth-order valence-corrected chi connectivity index (χ4v) is 8.28. The van der Waals surface area contributed by atoms with Gasteiger partial charge in [-0.05, 0) is 95.4 Å². The Morgan fingerprint density at radius 2 is 1.81 bits per heavy atom. The second kappa shape index (κ2) is 16.0. The first kappa shape index (κ1) is 37.8. The maximum Gasteiger partial charge on any atom is 0.338 e. The summed E-state index contributed by atoms with van der Waals surface area (Å²) < 4.78 is 13.1. The molecule has 8 nitrogen and oxygen atoms in total. The van der Waals surface area contributed by atoms with Gasteiger partial charge in [-0.25, -0.2) is 9.78 Å². The van der Waals surface area contributed by atoms with Gasteiger partial charge in [-0.3, -0.25) is 4.90 Å². The molecule has 6 rings (SSSR count). The third-order valence-corrected chi connectivity index (χ3v) is 12.5. The molecule has 0 spiro atoms. The molecule has 0 amide bonds. The van der Waals surface area contributed by atoms with E-state index >= 15 is 0 Å². The minimum absolute atomic E-state index is 0.279. The Balaban J connectivity index is 1.19. The van der Waals surface area contributed by atoms with Crippen molar-refractivity contribution in [1.82, 2.24) is 14.5 Å². The van der Waals surface area contributed by atoms with Gasteiger partial charge in [0.2, 0.25) is 0 Å². The molecule has 274 valence electrons. The van der Waals surface area contributed by atoms with Gasteiger partial charge in [0.05, 0.1) is 24.7 Å². The summed E-state index contributed by atoms with van der Waals surface area (Å²) in [5, 5.41) is 12.2. The fourth-order valence-electron chi connectivity index (χ4n) is 7.40. The van der Waals surface area contributed by atoms with Crippen molar-refractivity contribution in [3.8, 4) is 6.07 Å². The minimum atomic E-state index is -1.17.